The minimum atomic E-state index is -0.897. The minimum absolute atomic E-state index is 0.00912. The minimum Gasteiger partial charge on any atom is -0.508 e. The summed E-state index contributed by atoms with van der Waals surface area (Å²) in [5.74, 6) is -1.64. The van der Waals surface area contributed by atoms with Gasteiger partial charge in [-0.3, -0.25) is 4.79 Å². The summed E-state index contributed by atoms with van der Waals surface area (Å²) in [6.45, 7) is 3.35. The van der Waals surface area contributed by atoms with E-state index in [0.717, 1.165) is 0 Å². The number of carbonyl (C=O) groups excluding carboxylic acids is 2. The number of benzene rings is 1. The molecule has 1 aromatic carbocycles. The molecule has 1 rings (SSSR count). The lowest BCUT2D eigenvalue weighted by Crippen LogP contribution is -2.18. The molecule has 0 spiro atoms. The Morgan fingerprint density at radius 2 is 2.07 bits per heavy atom. The van der Waals surface area contributed by atoms with Crippen molar-refractivity contribution in [2.45, 2.75) is 13.8 Å². The van der Waals surface area contributed by atoms with Crippen molar-refractivity contribution in [3.05, 3.63) is 29.3 Å². The first kappa shape index (κ1) is 11.2. The number of hydrogen-bond donors (Lipinski definition) is 1. The Morgan fingerprint density at radius 1 is 1.40 bits per heavy atom. The molecule has 0 aliphatic rings. The van der Waals surface area contributed by atoms with E-state index in [9.17, 15) is 14.7 Å². The average Bonchev–Trinajstić information content (AvgIpc) is 2.21. The fourth-order valence-corrected chi connectivity index (χ4v) is 1.18. The third-order valence-electron chi connectivity index (χ3n) is 2.01. The fraction of sp³-hybridized carbons (Fsp3) is 0.273. The number of ketones is 1. The van der Waals surface area contributed by atoms with Gasteiger partial charge in [0.2, 0.25) is 0 Å². The highest BCUT2D eigenvalue weighted by Gasteiger charge is 2.20. The molecule has 4 nitrogen and oxygen atoms in total. The fourth-order valence-electron chi connectivity index (χ4n) is 1.18. The van der Waals surface area contributed by atoms with E-state index in [1.165, 1.54) is 18.2 Å². The van der Waals surface area contributed by atoms with Crippen molar-refractivity contribution in [1.29, 1.82) is 0 Å². The van der Waals surface area contributed by atoms with Crippen molar-refractivity contribution < 1.29 is 19.4 Å². The van der Waals surface area contributed by atoms with Crippen molar-refractivity contribution in [1.82, 2.24) is 0 Å². The predicted octanol–water partition coefficient (Wildman–Crippen LogP) is 1.45. The van der Waals surface area contributed by atoms with E-state index in [0.29, 0.717) is 5.56 Å². The summed E-state index contributed by atoms with van der Waals surface area (Å²) < 4.78 is 4.58. The van der Waals surface area contributed by atoms with E-state index in [1.807, 2.05) is 0 Å². The van der Waals surface area contributed by atoms with Gasteiger partial charge in [-0.05, 0) is 19.9 Å². The van der Waals surface area contributed by atoms with Crippen LogP contribution in [0.5, 0.6) is 5.75 Å². The molecular formula is C11H12O4. The molecule has 0 radical (unpaired) electrons. The van der Waals surface area contributed by atoms with Crippen LogP contribution in [0.1, 0.15) is 22.8 Å². The van der Waals surface area contributed by atoms with Crippen LogP contribution in [-0.4, -0.2) is 23.5 Å². The van der Waals surface area contributed by atoms with Crippen molar-refractivity contribution in [2.24, 2.45) is 0 Å². The second-order valence-electron chi connectivity index (χ2n) is 3.00. The summed E-state index contributed by atoms with van der Waals surface area (Å²) in [5.41, 5.74) is 0.559. The summed E-state index contributed by atoms with van der Waals surface area (Å²) >= 11 is 0. The van der Waals surface area contributed by atoms with E-state index in [2.05, 4.69) is 4.74 Å². The molecule has 4 heteroatoms. The lowest BCUT2D eigenvalue weighted by molar-refractivity contribution is -0.137. The topological polar surface area (TPSA) is 63.6 Å². The largest absolute Gasteiger partial charge is 0.508 e. The molecule has 0 atom stereocenters. The van der Waals surface area contributed by atoms with Crippen LogP contribution in [0.4, 0.5) is 0 Å². The molecule has 0 aliphatic carbocycles. The van der Waals surface area contributed by atoms with Crippen LogP contribution in [0.2, 0.25) is 0 Å². The highest BCUT2D eigenvalue weighted by molar-refractivity contribution is 6.41. The van der Waals surface area contributed by atoms with Gasteiger partial charge in [-0.25, -0.2) is 4.79 Å². The number of carbonyl (C=O) groups is 2. The third kappa shape index (κ3) is 2.34. The second-order valence-corrected chi connectivity index (χ2v) is 3.00. The first-order valence-corrected chi connectivity index (χ1v) is 4.58. The Hall–Kier alpha value is -1.84. The Bertz CT molecular complexity index is 396. The Balaban J connectivity index is 3.01. The van der Waals surface area contributed by atoms with Crippen LogP contribution in [0.25, 0.3) is 0 Å². The first-order chi connectivity index (χ1) is 7.07. The first-order valence-electron chi connectivity index (χ1n) is 4.58. The van der Waals surface area contributed by atoms with Crippen molar-refractivity contribution in [3.63, 3.8) is 0 Å². The molecule has 0 aliphatic heterocycles. The monoisotopic (exact) mass is 208 g/mol. The van der Waals surface area contributed by atoms with Gasteiger partial charge in [0.1, 0.15) is 5.75 Å². The molecule has 0 fully saturated rings. The van der Waals surface area contributed by atoms with E-state index in [1.54, 1.807) is 13.8 Å². The van der Waals surface area contributed by atoms with E-state index in [-0.39, 0.29) is 17.9 Å². The number of aromatic hydroxyl groups is 1. The molecule has 1 aromatic rings. The highest BCUT2D eigenvalue weighted by Crippen LogP contribution is 2.20. The van der Waals surface area contributed by atoms with Gasteiger partial charge in [-0.2, -0.15) is 0 Å². The van der Waals surface area contributed by atoms with E-state index < -0.39 is 11.8 Å². The molecule has 0 amide bonds. The summed E-state index contributed by atoms with van der Waals surface area (Å²) in [6.07, 6.45) is 0. The molecule has 0 aromatic heterocycles. The number of phenolic OH excluding ortho intramolecular Hbond substituents is 1. The van der Waals surface area contributed by atoms with Crippen molar-refractivity contribution >= 4 is 11.8 Å². The third-order valence-corrected chi connectivity index (χ3v) is 2.01. The van der Waals surface area contributed by atoms with Crippen molar-refractivity contribution in [2.75, 3.05) is 6.61 Å². The molecule has 15 heavy (non-hydrogen) atoms. The molecule has 0 bridgehead atoms. The summed E-state index contributed by atoms with van der Waals surface area (Å²) in [6, 6.07) is 4.44. The van der Waals surface area contributed by atoms with Gasteiger partial charge in [0.15, 0.2) is 0 Å². The van der Waals surface area contributed by atoms with Gasteiger partial charge >= 0.3 is 5.97 Å². The van der Waals surface area contributed by atoms with Gasteiger partial charge in [-0.1, -0.05) is 12.1 Å². The lowest BCUT2D eigenvalue weighted by atomic mass is 10.0. The number of phenols is 1. The van der Waals surface area contributed by atoms with Crippen LogP contribution >= 0.6 is 0 Å². The molecule has 80 valence electrons. The smallest absolute Gasteiger partial charge is 0.379 e. The molecule has 0 saturated heterocycles. The zero-order chi connectivity index (χ0) is 11.4. The lowest BCUT2D eigenvalue weighted by Gasteiger charge is -2.05. The van der Waals surface area contributed by atoms with Crippen LogP contribution in [0, 0.1) is 6.92 Å². The zero-order valence-electron chi connectivity index (χ0n) is 8.61. The van der Waals surface area contributed by atoms with Gasteiger partial charge in [0.05, 0.1) is 6.61 Å². The maximum atomic E-state index is 11.5. The number of rotatable bonds is 3. The van der Waals surface area contributed by atoms with E-state index >= 15 is 0 Å². The average molecular weight is 208 g/mol. The Morgan fingerprint density at radius 3 is 2.67 bits per heavy atom. The number of ether oxygens (including phenoxy) is 1. The molecule has 0 unspecified atom stereocenters. The van der Waals surface area contributed by atoms with Crippen LogP contribution in [0.3, 0.4) is 0 Å². The normalized spacial score (nSPS) is 9.73. The SMILES string of the molecule is CCOC(=O)C(=O)c1cccc(O)c1C. The predicted molar refractivity (Wildman–Crippen MR) is 53.8 cm³/mol. The maximum absolute atomic E-state index is 11.5. The highest BCUT2D eigenvalue weighted by atomic mass is 16.5. The van der Waals surface area contributed by atoms with Gasteiger partial charge in [0, 0.05) is 11.1 Å². The van der Waals surface area contributed by atoms with Gasteiger partial charge in [-0.15, -0.1) is 0 Å². The summed E-state index contributed by atoms with van der Waals surface area (Å²) in [5, 5.41) is 9.36. The molecule has 1 N–H and O–H groups in total. The summed E-state index contributed by atoms with van der Waals surface area (Å²) in [4.78, 5) is 22.7. The van der Waals surface area contributed by atoms with Gasteiger partial charge < -0.3 is 9.84 Å². The Labute approximate surface area is 87.5 Å². The van der Waals surface area contributed by atoms with Crippen molar-refractivity contribution in [3.8, 4) is 5.75 Å². The molecule has 0 heterocycles. The van der Waals surface area contributed by atoms with Crippen LogP contribution in [0.15, 0.2) is 18.2 Å². The van der Waals surface area contributed by atoms with Crippen LogP contribution < -0.4 is 0 Å². The van der Waals surface area contributed by atoms with E-state index in [4.69, 9.17) is 0 Å². The quantitative estimate of drug-likeness (QED) is 0.464. The number of Topliss-reactive ketones (excluding diaryl/α,β-unsaturated/α-hetero) is 1. The molecular weight excluding hydrogens is 196 g/mol. The van der Waals surface area contributed by atoms with Crippen LogP contribution in [-0.2, 0) is 9.53 Å². The maximum Gasteiger partial charge on any atom is 0.379 e. The zero-order valence-corrected chi connectivity index (χ0v) is 8.61. The number of hydrogen-bond acceptors (Lipinski definition) is 4. The number of esters is 1. The standard InChI is InChI=1S/C11H12O4/c1-3-15-11(14)10(13)8-5-4-6-9(12)7(8)2/h4-6,12H,3H2,1-2H3. The summed E-state index contributed by atoms with van der Waals surface area (Å²) in [7, 11) is 0. The second kappa shape index (κ2) is 4.59. The Kier molecular flexibility index (Phi) is 3.44. The molecule has 0 saturated carbocycles. The van der Waals surface area contributed by atoms with Gasteiger partial charge in [0.25, 0.3) is 5.78 Å².